The molecule has 132 valence electrons. The second kappa shape index (κ2) is 5.56. The van der Waals surface area contributed by atoms with Crippen LogP contribution in [0.3, 0.4) is 0 Å². The van der Waals surface area contributed by atoms with Crippen molar-refractivity contribution < 1.29 is 13.2 Å². The number of hydrogen-bond acceptors (Lipinski definition) is 3. The molecule has 0 aromatic heterocycles. The van der Waals surface area contributed by atoms with Crippen LogP contribution in [-0.2, 0) is 14.8 Å². The van der Waals surface area contributed by atoms with Crippen molar-refractivity contribution in [1.82, 2.24) is 4.72 Å². The SMILES string of the molecule is CC(=O)Nc1ccc(S(=O)(=O)N[C@@H]2C[C@H]3CC[C@]2(C)C3(C)C)cc1. The molecule has 24 heavy (non-hydrogen) atoms. The van der Waals surface area contributed by atoms with Gasteiger partial charge in [-0.1, -0.05) is 20.8 Å². The molecule has 2 aliphatic rings. The summed E-state index contributed by atoms with van der Waals surface area (Å²) in [6.07, 6.45) is 3.17. The van der Waals surface area contributed by atoms with Crippen LogP contribution < -0.4 is 10.0 Å². The smallest absolute Gasteiger partial charge is 0.240 e. The standard InChI is InChI=1S/C18H26N2O3S/c1-12(21)19-14-5-7-15(8-6-14)24(22,23)20-16-11-13-9-10-18(16,4)17(13,2)3/h5-8,13,16,20H,9-11H2,1-4H3,(H,19,21)/t13-,16-,18+/m1/s1. The molecule has 2 saturated carbocycles. The summed E-state index contributed by atoms with van der Waals surface area (Å²) in [6.45, 7) is 8.17. The van der Waals surface area contributed by atoms with Crippen LogP contribution >= 0.6 is 0 Å². The molecule has 5 nitrogen and oxygen atoms in total. The zero-order valence-corrected chi connectivity index (χ0v) is 15.5. The molecule has 0 radical (unpaired) electrons. The van der Waals surface area contributed by atoms with Crippen molar-refractivity contribution in [1.29, 1.82) is 0 Å². The van der Waals surface area contributed by atoms with E-state index in [0.29, 0.717) is 11.6 Å². The molecule has 0 saturated heterocycles. The maximum Gasteiger partial charge on any atom is 0.240 e. The van der Waals surface area contributed by atoms with Crippen LogP contribution in [0.1, 0.15) is 47.0 Å². The lowest BCUT2D eigenvalue weighted by Gasteiger charge is -2.39. The lowest BCUT2D eigenvalue weighted by molar-refractivity contribution is -0.114. The number of rotatable bonds is 4. The summed E-state index contributed by atoms with van der Waals surface area (Å²) in [6, 6.07) is 6.28. The molecule has 1 aromatic carbocycles. The number of anilines is 1. The van der Waals surface area contributed by atoms with Crippen molar-refractivity contribution in [2.24, 2.45) is 16.7 Å². The minimum Gasteiger partial charge on any atom is -0.326 e. The van der Waals surface area contributed by atoms with Gasteiger partial charge in [0.05, 0.1) is 4.90 Å². The van der Waals surface area contributed by atoms with Crippen LogP contribution in [0.4, 0.5) is 5.69 Å². The number of sulfonamides is 1. The van der Waals surface area contributed by atoms with E-state index in [-0.39, 0.29) is 27.7 Å². The predicted octanol–water partition coefficient (Wildman–Crippen LogP) is 3.14. The molecule has 3 rings (SSSR count). The highest BCUT2D eigenvalue weighted by Crippen LogP contribution is 2.65. The number of benzene rings is 1. The third-order valence-corrected chi connectivity index (χ3v) is 8.06. The molecule has 2 bridgehead atoms. The molecule has 2 N–H and O–H groups in total. The highest BCUT2D eigenvalue weighted by Gasteiger charge is 2.61. The first kappa shape index (κ1) is 17.4. The van der Waals surface area contributed by atoms with Gasteiger partial charge in [-0.05, 0) is 60.3 Å². The average molecular weight is 350 g/mol. The number of carbonyl (C=O) groups excluding carboxylic acids is 1. The zero-order chi connectivity index (χ0) is 17.8. The van der Waals surface area contributed by atoms with Gasteiger partial charge < -0.3 is 5.32 Å². The van der Waals surface area contributed by atoms with E-state index in [9.17, 15) is 13.2 Å². The Morgan fingerprint density at radius 2 is 1.79 bits per heavy atom. The Balaban J connectivity index is 1.79. The molecule has 0 aliphatic heterocycles. The van der Waals surface area contributed by atoms with E-state index in [2.05, 4.69) is 30.8 Å². The summed E-state index contributed by atoms with van der Waals surface area (Å²) in [5.41, 5.74) is 0.755. The molecule has 2 fully saturated rings. The summed E-state index contributed by atoms with van der Waals surface area (Å²) >= 11 is 0. The first-order valence-electron chi connectivity index (χ1n) is 8.46. The molecule has 1 aromatic rings. The average Bonchev–Trinajstić information content (AvgIpc) is 2.80. The van der Waals surface area contributed by atoms with E-state index in [1.54, 1.807) is 12.1 Å². The van der Waals surface area contributed by atoms with Crippen LogP contribution in [0.2, 0.25) is 0 Å². The van der Waals surface area contributed by atoms with Gasteiger partial charge in [-0.2, -0.15) is 0 Å². The summed E-state index contributed by atoms with van der Waals surface area (Å²) in [7, 11) is -3.56. The molecule has 3 atom stereocenters. The summed E-state index contributed by atoms with van der Waals surface area (Å²) in [4.78, 5) is 11.3. The zero-order valence-electron chi connectivity index (χ0n) is 14.7. The van der Waals surface area contributed by atoms with Gasteiger partial charge in [0, 0.05) is 18.7 Å². The molecular weight excluding hydrogens is 324 g/mol. The molecular formula is C18H26N2O3S. The van der Waals surface area contributed by atoms with E-state index in [1.807, 2.05) is 0 Å². The monoisotopic (exact) mass is 350 g/mol. The van der Waals surface area contributed by atoms with E-state index < -0.39 is 10.0 Å². The molecule has 1 amide bonds. The Hall–Kier alpha value is -1.40. The first-order chi connectivity index (χ1) is 11.1. The maximum atomic E-state index is 12.8. The lowest BCUT2D eigenvalue weighted by atomic mass is 9.69. The van der Waals surface area contributed by atoms with Crippen LogP contribution in [0, 0.1) is 16.7 Å². The Labute approximate surface area is 144 Å². The van der Waals surface area contributed by atoms with Gasteiger partial charge in [0.2, 0.25) is 15.9 Å². The Morgan fingerprint density at radius 3 is 2.25 bits per heavy atom. The highest BCUT2D eigenvalue weighted by molar-refractivity contribution is 7.89. The fourth-order valence-corrected chi connectivity index (χ4v) is 5.92. The first-order valence-corrected chi connectivity index (χ1v) is 9.94. The second-order valence-corrected chi connectivity index (χ2v) is 9.70. The van der Waals surface area contributed by atoms with Crippen LogP contribution in [-0.4, -0.2) is 20.4 Å². The van der Waals surface area contributed by atoms with Crippen LogP contribution in [0.15, 0.2) is 29.2 Å². The Morgan fingerprint density at radius 1 is 1.17 bits per heavy atom. The van der Waals surface area contributed by atoms with Gasteiger partial charge in [-0.3, -0.25) is 4.79 Å². The molecule has 0 spiro atoms. The predicted molar refractivity (Wildman–Crippen MR) is 94.1 cm³/mol. The minimum atomic E-state index is -3.56. The fraction of sp³-hybridized carbons (Fsp3) is 0.611. The van der Waals surface area contributed by atoms with Gasteiger partial charge in [0.25, 0.3) is 0 Å². The van der Waals surface area contributed by atoms with E-state index in [0.717, 1.165) is 12.8 Å². The quantitative estimate of drug-likeness (QED) is 0.876. The van der Waals surface area contributed by atoms with E-state index in [1.165, 1.54) is 25.5 Å². The normalized spacial score (nSPS) is 31.2. The van der Waals surface area contributed by atoms with Gasteiger partial charge in [-0.15, -0.1) is 0 Å². The second-order valence-electron chi connectivity index (χ2n) is 7.99. The number of nitrogens with one attached hydrogen (secondary N) is 2. The van der Waals surface area contributed by atoms with E-state index in [4.69, 9.17) is 0 Å². The Bertz CT molecular complexity index is 755. The van der Waals surface area contributed by atoms with Gasteiger partial charge in [-0.25, -0.2) is 13.1 Å². The largest absolute Gasteiger partial charge is 0.326 e. The van der Waals surface area contributed by atoms with E-state index >= 15 is 0 Å². The lowest BCUT2D eigenvalue weighted by Crippen LogP contribution is -2.46. The number of fused-ring (bicyclic) bond motifs is 2. The maximum absolute atomic E-state index is 12.8. The van der Waals surface area contributed by atoms with Gasteiger partial charge in [0.1, 0.15) is 0 Å². The molecule has 0 unspecified atom stereocenters. The summed E-state index contributed by atoms with van der Waals surface area (Å²) < 4.78 is 28.4. The van der Waals surface area contributed by atoms with Crippen molar-refractivity contribution in [3.05, 3.63) is 24.3 Å². The van der Waals surface area contributed by atoms with Crippen LogP contribution in [0.25, 0.3) is 0 Å². The topological polar surface area (TPSA) is 75.3 Å². The van der Waals surface area contributed by atoms with Crippen molar-refractivity contribution in [2.45, 2.75) is 57.9 Å². The minimum absolute atomic E-state index is 0.000856. The van der Waals surface area contributed by atoms with Gasteiger partial charge in [0.15, 0.2) is 0 Å². The third kappa shape index (κ3) is 2.65. The third-order valence-electron chi connectivity index (χ3n) is 6.58. The Kier molecular flexibility index (Phi) is 4.04. The van der Waals surface area contributed by atoms with Crippen molar-refractivity contribution >= 4 is 21.6 Å². The molecule has 0 heterocycles. The molecule has 6 heteroatoms. The van der Waals surface area contributed by atoms with Gasteiger partial charge >= 0.3 is 0 Å². The van der Waals surface area contributed by atoms with Crippen molar-refractivity contribution in [3.8, 4) is 0 Å². The number of hydrogen-bond donors (Lipinski definition) is 2. The molecule has 2 aliphatic carbocycles. The number of amides is 1. The van der Waals surface area contributed by atoms with Crippen LogP contribution in [0.5, 0.6) is 0 Å². The summed E-state index contributed by atoms with van der Waals surface area (Å²) in [5.74, 6) is 0.401. The van der Waals surface area contributed by atoms with Crippen molar-refractivity contribution in [2.75, 3.05) is 5.32 Å². The number of carbonyl (C=O) groups is 1. The fourth-order valence-electron chi connectivity index (χ4n) is 4.56. The van der Waals surface area contributed by atoms with Crippen molar-refractivity contribution in [3.63, 3.8) is 0 Å². The highest BCUT2D eigenvalue weighted by atomic mass is 32.2. The summed E-state index contributed by atoms with van der Waals surface area (Å²) in [5, 5.41) is 2.64.